The average Bonchev–Trinajstić information content (AvgIpc) is 3.37. The van der Waals surface area contributed by atoms with Crippen LogP contribution in [0.2, 0.25) is 5.04 Å². The number of carbonyl (C=O) groups excluding carboxylic acids is 1. The summed E-state index contributed by atoms with van der Waals surface area (Å²) in [6.07, 6.45) is 6.80. The highest BCUT2D eigenvalue weighted by Gasteiger charge is 2.51. The Labute approximate surface area is 208 Å². The van der Waals surface area contributed by atoms with Crippen molar-refractivity contribution in [3.05, 3.63) is 84.9 Å². The summed E-state index contributed by atoms with van der Waals surface area (Å²) in [4.78, 5) is 25.0. The molecule has 1 aliphatic carbocycles. The summed E-state index contributed by atoms with van der Waals surface area (Å²) in [6.45, 7) is 6.93. The minimum absolute atomic E-state index is 0.0259. The SMILES string of the molecule is CC(C)(C)[Si](OC1CCC(C(=O)c2ncnc3[nH]ccc23)CC1)(c1ccccc1)c1ccccc1. The minimum atomic E-state index is -2.59. The Balaban J connectivity index is 1.40. The fraction of sp³-hybridized carbons (Fsp3) is 0.345. The van der Waals surface area contributed by atoms with Crippen molar-refractivity contribution in [2.24, 2.45) is 5.92 Å². The number of Topliss-reactive ketones (excluding diaryl/α,β-unsaturated/α-hetero) is 1. The number of hydrogen-bond donors (Lipinski definition) is 1. The van der Waals surface area contributed by atoms with E-state index in [1.165, 1.54) is 16.7 Å². The lowest BCUT2D eigenvalue weighted by atomic mass is 9.83. The Morgan fingerprint density at radius 3 is 2.06 bits per heavy atom. The normalized spacial score (nSPS) is 19.1. The molecule has 0 radical (unpaired) electrons. The van der Waals surface area contributed by atoms with Gasteiger partial charge >= 0.3 is 0 Å². The second-order valence-electron chi connectivity index (χ2n) is 10.6. The number of rotatable bonds is 6. The Morgan fingerprint density at radius 2 is 1.49 bits per heavy atom. The van der Waals surface area contributed by atoms with E-state index in [0.717, 1.165) is 31.1 Å². The maximum absolute atomic E-state index is 13.4. The molecule has 0 aliphatic heterocycles. The summed E-state index contributed by atoms with van der Waals surface area (Å²) in [6, 6.07) is 23.4. The standard InChI is InChI=1S/C29H33N3O2Si/c1-29(2,3)35(23-10-6-4-7-11-23,24-12-8-5-9-13-24)34-22-16-14-21(15-17-22)27(33)26-25-18-19-30-28(25)32-20-31-26/h4-13,18-22H,14-17H2,1-3H3,(H,30,31,32). The summed E-state index contributed by atoms with van der Waals surface area (Å²) in [5.74, 6) is 0.0999. The second-order valence-corrected chi connectivity index (χ2v) is 14.8. The smallest absolute Gasteiger partial charge is 0.261 e. The van der Waals surface area contributed by atoms with Gasteiger partial charge in [0.25, 0.3) is 8.32 Å². The van der Waals surface area contributed by atoms with E-state index in [4.69, 9.17) is 4.43 Å². The highest BCUT2D eigenvalue weighted by Crippen LogP contribution is 2.40. The fourth-order valence-corrected chi connectivity index (χ4v) is 10.4. The summed E-state index contributed by atoms with van der Waals surface area (Å²) in [5, 5.41) is 3.35. The van der Waals surface area contributed by atoms with E-state index in [-0.39, 0.29) is 22.8 Å². The van der Waals surface area contributed by atoms with E-state index in [0.29, 0.717) is 11.3 Å². The van der Waals surface area contributed by atoms with Gasteiger partial charge in [0.05, 0.1) is 0 Å². The van der Waals surface area contributed by atoms with Crippen molar-refractivity contribution in [2.45, 2.75) is 57.6 Å². The van der Waals surface area contributed by atoms with Gasteiger partial charge in [-0.15, -0.1) is 0 Å². The Bertz CT molecular complexity index is 1250. The first kappa shape index (κ1) is 23.6. The molecule has 180 valence electrons. The number of nitrogens with one attached hydrogen (secondary N) is 1. The molecule has 0 atom stereocenters. The highest BCUT2D eigenvalue weighted by molar-refractivity contribution is 6.99. The lowest BCUT2D eigenvalue weighted by Crippen LogP contribution is -2.67. The van der Waals surface area contributed by atoms with Crippen LogP contribution in [0.1, 0.15) is 56.9 Å². The molecule has 1 fully saturated rings. The first-order valence-corrected chi connectivity index (χ1v) is 14.4. The zero-order valence-corrected chi connectivity index (χ0v) is 21.7. The van der Waals surface area contributed by atoms with Crippen LogP contribution in [0.3, 0.4) is 0 Å². The molecule has 0 bridgehead atoms. The third kappa shape index (κ3) is 4.37. The van der Waals surface area contributed by atoms with Crippen molar-refractivity contribution in [1.82, 2.24) is 15.0 Å². The van der Waals surface area contributed by atoms with E-state index in [1.807, 2.05) is 12.3 Å². The van der Waals surface area contributed by atoms with E-state index in [2.05, 4.69) is 96.4 Å². The second kappa shape index (κ2) is 9.51. The Hall–Kier alpha value is -3.09. The van der Waals surface area contributed by atoms with Crippen LogP contribution in [0.4, 0.5) is 0 Å². The predicted octanol–water partition coefficient (Wildman–Crippen LogP) is 5.28. The molecule has 5 rings (SSSR count). The average molecular weight is 484 g/mol. The molecule has 0 amide bonds. The van der Waals surface area contributed by atoms with Gasteiger partial charge in [-0.25, -0.2) is 9.97 Å². The number of fused-ring (bicyclic) bond motifs is 1. The summed E-state index contributed by atoms with van der Waals surface area (Å²) >= 11 is 0. The molecule has 1 N–H and O–H groups in total. The quantitative estimate of drug-likeness (QED) is 0.299. The van der Waals surface area contributed by atoms with E-state index in [1.54, 1.807) is 0 Å². The van der Waals surface area contributed by atoms with Crippen molar-refractivity contribution in [2.75, 3.05) is 0 Å². The van der Waals surface area contributed by atoms with E-state index < -0.39 is 8.32 Å². The molecule has 2 heterocycles. The number of ketones is 1. The lowest BCUT2D eigenvalue weighted by Gasteiger charge is -2.46. The van der Waals surface area contributed by atoms with Crippen LogP contribution in [-0.2, 0) is 4.43 Å². The number of benzene rings is 2. The van der Waals surface area contributed by atoms with Gasteiger partial charge in [-0.05, 0) is 47.2 Å². The van der Waals surface area contributed by atoms with Gasteiger partial charge in [0, 0.05) is 23.6 Å². The highest BCUT2D eigenvalue weighted by atomic mass is 28.4. The molecule has 0 saturated heterocycles. The van der Waals surface area contributed by atoms with Gasteiger partial charge < -0.3 is 9.41 Å². The largest absolute Gasteiger partial charge is 0.404 e. The topological polar surface area (TPSA) is 67.9 Å². The molecule has 1 aliphatic rings. The number of carbonyl (C=O) groups is 1. The number of hydrogen-bond acceptors (Lipinski definition) is 4. The van der Waals surface area contributed by atoms with Crippen LogP contribution in [-0.4, -0.2) is 35.2 Å². The molecule has 0 unspecified atom stereocenters. The first-order chi connectivity index (χ1) is 16.9. The van der Waals surface area contributed by atoms with Gasteiger partial charge in [-0.1, -0.05) is 81.4 Å². The zero-order chi connectivity index (χ0) is 24.5. The molecule has 6 heteroatoms. The molecule has 35 heavy (non-hydrogen) atoms. The van der Waals surface area contributed by atoms with Gasteiger partial charge in [-0.3, -0.25) is 4.79 Å². The van der Waals surface area contributed by atoms with Crippen LogP contribution >= 0.6 is 0 Å². The Morgan fingerprint density at radius 1 is 0.886 bits per heavy atom. The van der Waals surface area contributed by atoms with Crippen LogP contribution < -0.4 is 10.4 Å². The number of nitrogens with zero attached hydrogens (tertiary/aromatic N) is 2. The Kier molecular flexibility index (Phi) is 6.43. The third-order valence-electron chi connectivity index (χ3n) is 7.39. The van der Waals surface area contributed by atoms with Crippen LogP contribution in [0, 0.1) is 5.92 Å². The van der Waals surface area contributed by atoms with Crippen molar-refractivity contribution in [3.8, 4) is 0 Å². The monoisotopic (exact) mass is 483 g/mol. The van der Waals surface area contributed by atoms with Gasteiger partial charge in [0.15, 0.2) is 5.78 Å². The maximum atomic E-state index is 13.4. The third-order valence-corrected chi connectivity index (χ3v) is 12.5. The summed E-state index contributed by atoms with van der Waals surface area (Å²) in [7, 11) is -2.59. The van der Waals surface area contributed by atoms with Gasteiger partial charge in [0.1, 0.15) is 17.7 Å². The molecule has 2 aromatic heterocycles. The molecule has 5 nitrogen and oxygen atoms in total. The number of aromatic nitrogens is 3. The molecule has 4 aromatic rings. The maximum Gasteiger partial charge on any atom is 0.261 e. The summed E-state index contributed by atoms with van der Waals surface area (Å²) in [5.41, 5.74) is 1.25. The molecule has 0 spiro atoms. The first-order valence-electron chi connectivity index (χ1n) is 12.5. The van der Waals surface area contributed by atoms with Crippen molar-refractivity contribution >= 4 is 35.5 Å². The van der Waals surface area contributed by atoms with Crippen molar-refractivity contribution in [3.63, 3.8) is 0 Å². The van der Waals surface area contributed by atoms with Gasteiger partial charge in [0.2, 0.25) is 0 Å². The summed E-state index contributed by atoms with van der Waals surface area (Å²) < 4.78 is 7.30. The van der Waals surface area contributed by atoms with Crippen LogP contribution in [0.5, 0.6) is 0 Å². The number of H-pyrrole nitrogens is 1. The molecule has 2 aromatic carbocycles. The van der Waals surface area contributed by atoms with Crippen molar-refractivity contribution in [1.29, 1.82) is 0 Å². The fourth-order valence-electron chi connectivity index (χ4n) is 5.65. The minimum Gasteiger partial charge on any atom is -0.404 e. The van der Waals surface area contributed by atoms with Crippen LogP contribution in [0.25, 0.3) is 11.0 Å². The zero-order valence-electron chi connectivity index (χ0n) is 20.7. The predicted molar refractivity (Wildman–Crippen MR) is 143 cm³/mol. The van der Waals surface area contributed by atoms with E-state index in [9.17, 15) is 4.79 Å². The van der Waals surface area contributed by atoms with E-state index >= 15 is 0 Å². The number of aromatic amines is 1. The lowest BCUT2D eigenvalue weighted by molar-refractivity contribution is 0.0789. The van der Waals surface area contributed by atoms with Crippen molar-refractivity contribution < 1.29 is 9.22 Å². The van der Waals surface area contributed by atoms with Gasteiger partial charge in [-0.2, -0.15) is 0 Å². The molecule has 1 saturated carbocycles. The van der Waals surface area contributed by atoms with Crippen LogP contribution in [0.15, 0.2) is 79.3 Å². The molecular formula is C29H33N3O2Si. The molecular weight excluding hydrogens is 450 g/mol.